The summed E-state index contributed by atoms with van der Waals surface area (Å²) in [5, 5.41) is 9.93. The largest absolute Gasteiger partial charge is 0.419 e. The third-order valence-corrected chi connectivity index (χ3v) is 3.68. The van der Waals surface area contributed by atoms with Gasteiger partial charge in [0, 0.05) is 18.3 Å². The molecule has 23 heavy (non-hydrogen) atoms. The number of nitrogens with zero attached hydrogens (tertiary/aromatic N) is 1. The number of likely N-dealkylation sites (N-methyl/N-ethyl adjacent to an activating group) is 1. The Labute approximate surface area is 133 Å². The molecule has 0 spiro atoms. The summed E-state index contributed by atoms with van der Waals surface area (Å²) in [6, 6.07) is 15.9. The van der Waals surface area contributed by atoms with E-state index in [1.807, 2.05) is 6.07 Å². The summed E-state index contributed by atoms with van der Waals surface area (Å²) in [6.45, 7) is 0. The fourth-order valence-electron chi connectivity index (χ4n) is 2.44. The van der Waals surface area contributed by atoms with Gasteiger partial charge in [0.2, 0.25) is 0 Å². The van der Waals surface area contributed by atoms with E-state index in [1.54, 1.807) is 48.5 Å². The number of aliphatic hydroxyl groups excluding tert-OH is 1. The average molecular weight is 309 g/mol. The third kappa shape index (κ3) is 2.86. The topological polar surface area (TPSA) is 66.8 Å². The highest BCUT2D eigenvalue weighted by Gasteiger charge is 2.28. The van der Waals surface area contributed by atoms with E-state index in [0.29, 0.717) is 16.8 Å². The van der Waals surface area contributed by atoms with Gasteiger partial charge in [-0.2, -0.15) is 0 Å². The van der Waals surface area contributed by atoms with E-state index in [4.69, 9.17) is 4.74 Å². The number of esters is 1. The molecule has 5 nitrogen and oxygen atoms in total. The van der Waals surface area contributed by atoms with Crippen molar-refractivity contribution in [1.29, 1.82) is 0 Å². The van der Waals surface area contributed by atoms with E-state index in [1.165, 1.54) is 18.0 Å². The summed E-state index contributed by atoms with van der Waals surface area (Å²) >= 11 is 0. The van der Waals surface area contributed by atoms with E-state index in [0.717, 1.165) is 0 Å². The van der Waals surface area contributed by atoms with Crippen molar-refractivity contribution in [2.75, 3.05) is 11.9 Å². The van der Waals surface area contributed by atoms with Crippen LogP contribution in [0, 0.1) is 0 Å². The first-order chi connectivity index (χ1) is 11.1. The maximum atomic E-state index is 12.2. The molecule has 5 heteroatoms. The van der Waals surface area contributed by atoms with Gasteiger partial charge in [-0.15, -0.1) is 0 Å². The molecule has 0 radical (unpaired) electrons. The van der Waals surface area contributed by atoms with Crippen LogP contribution in [0.1, 0.15) is 17.2 Å². The highest BCUT2D eigenvalue weighted by molar-refractivity contribution is 6.38. The van der Waals surface area contributed by atoms with Crippen molar-refractivity contribution in [3.8, 4) is 0 Å². The molecule has 1 N–H and O–H groups in total. The van der Waals surface area contributed by atoms with Crippen molar-refractivity contribution in [2.24, 2.45) is 0 Å². The van der Waals surface area contributed by atoms with Crippen LogP contribution in [0.15, 0.2) is 60.7 Å². The number of rotatable bonds is 2. The molecule has 2 aromatic carbocycles. The molecular formula is C18H15NO4. The average Bonchev–Trinajstić information content (AvgIpc) is 2.90. The molecule has 0 saturated heterocycles. The first-order valence-electron chi connectivity index (χ1n) is 7.12. The minimum Gasteiger partial charge on any atom is -0.419 e. The molecule has 0 aromatic heterocycles. The van der Waals surface area contributed by atoms with Crippen molar-refractivity contribution in [3.05, 3.63) is 71.8 Å². The number of amides is 1. The number of hydrogen-bond acceptors (Lipinski definition) is 4. The SMILES string of the molecule is CN(C(=O)C(=O)OC1=CC(O)c2ccccc21)c1ccccc1. The number of benzene rings is 2. The molecule has 116 valence electrons. The van der Waals surface area contributed by atoms with Crippen LogP contribution in [0.2, 0.25) is 0 Å². The molecule has 0 heterocycles. The zero-order valence-electron chi connectivity index (χ0n) is 12.5. The maximum absolute atomic E-state index is 12.2. The first-order valence-corrected chi connectivity index (χ1v) is 7.12. The summed E-state index contributed by atoms with van der Waals surface area (Å²) in [5.74, 6) is -1.57. The monoisotopic (exact) mass is 309 g/mol. The Morgan fingerprint density at radius 1 is 1.04 bits per heavy atom. The summed E-state index contributed by atoms with van der Waals surface area (Å²) in [7, 11) is 1.50. The summed E-state index contributed by atoms with van der Waals surface area (Å²) < 4.78 is 5.18. The van der Waals surface area contributed by atoms with Gasteiger partial charge in [-0.25, -0.2) is 4.79 Å². The molecule has 1 unspecified atom stereocenters. The number of para-hydroxylation sites is 1. The van der Waals surface area contributed by atoms with Gasteiger partial charge in [0.25, 0.3) is 0 Å². The second kappa shape index (κ2) is 6.06. The van der Waals surface area contributed by atoms with Gasteiger partial charge in [0.05, 0.1) is 0 Å². The second-order valence-corrected chi connectivity index (χ2v) is 5.15. The van der Waals surface area contributed by atoms with Gasteiger partial charge >= 0.3 is 11.9 Å². The fourth-order valence-corrected chi connectivity index (χ4v) is 2.44. The van der Waals surface area contributed by atoms with E-state index in [9.17, 15) is 14.7 Å². The van der Waals surface area contributed by atoms with Crippen LogP contribution in [-0.2, 0) is 14.3 Å². The van der Waals surface area contributed by atoms with Crippen LogP contribution in [-0.4, -0.2) is 24.0 Å². The minimum atomic E-state index is -0.994. The van der Waals surface area contributed by atoms with Crippen LogP contribution in [0.4, 0.5) is 5.69 Å². The lowest BCUT2D eigenvalue weighted by Crippen LogP contribution is -2.34. The smallest absolute Gasteiger partial charge is 0.402 e. The maximum Gasteiger partial charge on any atom is 0.402 e. The molecule has 0 bridgehead atoms. The predicted molar refractivity (Wildman–Crippen MR) is 85.3 cm³/mol. The Bertz CT molecular complexity index is 783. The van der Waals surface area contributed by atoms with E-state index >= 15 is 0 Å². The lowest BCUT2D eigenvalue weighted by Gasteiger charge is -2.16. The Hall–Kier alpha value is -2.92. The van der Waals surface area contributed by atoms with Gasteiger partial charge in [-0.05, 0) is 23.8 Å². The van der Waals surface area contributed by atoms with Crippen molar-refractivity contribution < 1.29 is 19.4 Å². The summed E-state index contributed by atoms with van der Waals surface area (Å²) in [4.78, 5) is 25.5. The first kappa shape index (κ1) is 15.0. The molecule has 0 saturated carbocycles. The van der Waals surface area contributed by atoms with Gasteiger partial charge in [-0.3, -0.25) is 4.79 Å². The van der Waals surface area contributed by atoms with Crippen molar-refractivity contribution in [2.45, 2.75) is 6.10 Å². The predicted octanol–water partition coefficient (Wildman–Crippen LogP) is 2.28. The summed E-state index contributed by atoms with van der Waals surface area (Å²) in [6.07, 6.45) is 0.578. The summed E-state index contributed by atoms with van der Waals surface area (Å²) in [5.41, 5.74) is 1.86. The third-order valence-electron chi connectivity index (χ3n) is 3.68. The van der Waals surface area contributed by atoms with Crippen LogP contribution in [0.5, 0.6) is 0 Å². The van der Waals surface area contributed by atoms with Crippen LogP contribution < -0.4 is 4.90 Å². The van der Waals surface area contributed by atoms with Crippen LogP contribution in [0.3, 0.4) is 0 Å². The zero-order chi connectivity index (χ0) is 16.4. The van der Waals surface area contributed by atoms with E-state index in [-0.39, 0.29) is 5.76 Å². The number of anilines is 1. The molecule has 1 aliphatic carbocycles. The lowest BCUT2D eigenvalue weighted by molar-refractivity contribution is -0.148. The molecule has 0 aliphatic heterocycles. The lowest BCUT2D eigenvalue weighted by atomic mass is 10.1. The highest BCUT2D eigenvalue weighted by atomic mass is 16.5. The van der Waals surface area contributed by atoms with Gasteiger partial charge in [0.1, 0.15) is 11.9 Å². The molecule has 2 aromatic rings. The molecule has 1 amide bonds. The van der Waals surface area contributed by atoms with Crippen LogP contribution >= 0.6 is 0 Å². The van der Waals surface area contributed by atoms with Crippen LogP contribution in [0.25, 0.3) is 5.76 Å². The standard InChI is InChI=1S/C18H15NO4/c1-19(12-7-3-2-4-8-12)17(21)18(22)23-16-11-15(20)13-9-5-6-10-14(13)16/h2-11,15,20H,1H3. The number of hydrogen-bond donors (Lipinski definition) is 1. The Morgan fingerprint density at radius 2 is 1.70 bits per heavy atom. The van der Waals surface area contributed by atoms with E-state index < -0.39 is 18.0 Å². The molecule has 1 aliphatic rings. The minimum absolute atomic E-state index is 0.202. The van der Waals surface area contributed by atoms with Gasteiger partial charge < -0.3 is 14.7 Å². The number of aliphatic hydroxyl groups is 1. The van der Waals surface area contributed by atoms with E-state index in [2.05, 4.69) is 0 Å². The number of carbonyl (C=O) groups is 2. The van der Waals surface area contributed by atoms with Gasteiger partial charge in [-0.1, -0.05) is 42.5 Å². The fraction of sp³-hybridized carbons (Fsp3) is 0.111. The number of fused-ring (bicyclic) bond motifs is 1. The Balaban J connectivity index is 1.75. The van der Waals surface area contributed by atoms with Gasteiger partial charge in [0.15, 0.2) is 0 Å². The van der Waals surface area contributed by atoms with Crippen molar-refractivity contribution >= 4 is 23.3 Å². The second-order valence-electron chi connectivity index (χ2n) is 5.15. The Morgan fingerprint density at radius 3 is 2.43 bits per heavy atom. The van der Waals surface area contributed by atoms with Crippen molar-refractivity contribution in [3.63, 3.8) is 0 Å². The number of carbonyl (C=O) groups excluding carboxylic acids is 2. The molecule has 0 fully saturated rings. The normalized spacial score (nSPS) is 15.6. The Kier molecular flexibility index (Phi) is 3.95. The molecule has 1 atom stereocenters. The zero-order valence-corrected chi connectivity index (χ0v) is 12.5. The van der Waals surface area contributed by atoms with Crippen molar-refractivity contribution in [1.82, 2.24) is 0 Å². The molecular weight excluding hydrogens is 294 g/mol. The highest BCUT2D eigenvalue weighted by Crippen LogP contribution is 2.34. The quantitative estimate of drug-likeness (QED) is 0.683. The molecule has 3 rings (SSSR count). The number of ether oxygens (including phenoxy) is 1.